The van der Waals surface area contributed by atoms with Crippen molar-refractivity contribution < 1.29 is 14.1 Å². The number of methoxy groups -OCH3 is 1. The van der Waals surface area contributed by atoms with Gasteiger partial charge in [-0.05, 0) is 38.5 Å². The topological polar surface area (TPSA) is 76.6 Å². The van der Waals surface area contributed by atoms with Gasteiger partial charge in [-0.2, -0.15) is 5.10 Å². The molecule has 1 aliphatic rings. The number of ether oxygens (including phenoxy) is 1. The molecule has 0 radical (unpaired) electrons. The number of benzene rings is 1. The molecule has 1 aliphatic heterocycles. The number of piperazine rings is 1. The van der Waals surface area contributed by atoms with E-state index in [2.05, 4.69) is 21.2 Å². The SMILES string of the molecule is COc1cccc(CN2CCN(C(=O)c3noc(C)c3Cn3nc(C)c(Cl)c3C)CC2)c1. The van der Waals surface area contributed by atoms with Gasteiger partial charge < -0.3 is 14.2 Å². The molecule has 0 N–H and O–H groups in total. The maximum absolute atomic E-state index is 13.2. The van der Waals surface area contributed by atoms with Crippen LogP contribution in [0.1, 0.15) is 38.8 Å². The average molecular weight is 458 g/mol. The molecular weight excluding hydrogens is 430 g/mol. The molecule has 9 heteroatoms. The zero-order valence-electron chi connectivity index (χ0n) is 18.9. The Labute approximate surface area is 192 Å². The van der Waals surface area contributed by atoms with E-state index >= 15 is 0 Å². The van der Waals surface area contributed by atoms with E-state index in [1.54, 1.807) is 11.8 Å². The molecule has 4 rings (SSSR count). The molecule has 32 heavy (non-hydrogen) atoms. The Balaban J connectivity index is 1.42. The molecule has 3 heterocycles. The second-order valence-electron chi connectivity index (χ2n) is 8.13. The molecule has 1 fully saturated rings. The van der Waals surface area contributed by atoms with Crippen molar-refractivity contribution >= 4 is 17.5 Å². The molecule has 0 saturated carbocycles. The van der Waals surface area contributed by atoms with Gasteiger partial charge in [-0.15, -0.1) is 0 Å². The highest BCUT2D eigenvalue weighted by atomic mass is 35.5. The molecule has 0 aliphatic carbocycles. The van der Waals surface area contributed by atoms with Crippen LogP contribution < -0.4 is 4.74 Å². The zero-order valence-corrected chi connectivity index (χ0v) is 19.6. The minimum atomic E-state index is -0.106. The molecule has 170 valence electrons. The van der Waals surface area contributed by atoms with Crippen LogP contribution in [0.5, 0.6) is 5.75 Å². The second kappa shape index (κ2) is 9.34. The summed E-state index contributed by atoms with van der Waals surface area (Å²) < 4.78 is 12.5. The van der Waals surface area contributed by atoms with Crippen LogP contribution >= 0.6 is 11.6 Å². The molecular formula is C23H28ClN5O3. The first-order valence-corrected chi connectivity index (χ1v) is 11.0. The monoisotopic (exact) mass is 457 g/mol. The number of aromatic nitrogens is 3. The molecule has 1 amide bonds. The van der Waals surface area contributed by atoms with Crippen molar-refractivity contribution in [3.8, 4) is 5.75 Å². The number of halogens is 1. The fraction of sp³-hybridized carbons (Fsp3) is 0.435. The Morgan fingerprint density at radius 1 is 1.16 bits per heavy atom. The Morgan fingerprint density at radius 3 is 2.56 bits per heavy atom. The minimum absolute atomic E-state index is 0.106. The summed E-state index contributed by atoms with van der Waals surface area (Å²) in [6.07, 6.45) is 0. The van der Waals surface area contributed by atoms with Gasteiger partial charge in [-0.3, -0.25) is 14.4 Å². The van der Waals surface area contributed by atoms with Crippen LogP contribution in [0.4, 0.5) is 0 Å². The third-order valence-corrected chi connectivity index (χ3v) is 6.54. The molecule has 0 unspecified atom stereocenters. The number of aryl methyl sites for hydroxylation is 2. The van der Waals surface area contributed by atoms with Gasteiger partial charge in [0, 0.05) is 38.3 Å². The highest BCUT2D eigenvalue weighted by molar-refractivity contribution is 6.31. The van der Waals surface area contributed by atoms with Gasteiger partial charge >= 0.3 is 0 Å². The summed E-state index contributed by atoms with van der Waals surface area (Å²) in [7, 11) is 1.67. The van der Waals surface area contributed by atoms with Gasteiger partial charge in [-0.25, -0.2) is 0 Å². The third kappa shape index (κ3) is 4.52. The summed E-state index contributed by atoms with van der Waals surface area (Å²) in [5.74, 6) is 1.37. The first-order valence-electron chi connectivity index (χ1n) is 10.7. The lowest BCUT2D eigenvalue weighted by molar-refractivity contribution is 0.0617. The Bertz CT molecular complexity index is 1120. The number of amides is 1. The third-order valence-electron chi connectivity index (χ3n) is 5.99. The number of rotatable bonds is 6. The number of nitrogens with zero attached hydrogens (tertiary/aromatic N) is 5. The molecule has 0 atom stereocenters. The molecule has 3 aromatic rings. The molecule has 8 nitrogen and oxygen atoms in total. The van der Waals surface area contributed by atoms with Crippen molar-refractivity contribution in [2.24, 2.45) is 0 Å². The molecule has 0 spiro atoms. The van der Waals surface area contributed by atoms with E-state index in [-0.39, 0.29) is 5.91 Å². The minimum Gasteiger partial charge on any atom is -0.497 e. The second-order valence-corrected chi connectivity index (χ2v) is 8.51. The number of carbonyl (C=O) groups excluding carboxylic acids is 1. The van der Waals surface area contributed by atoms with Gasteiger partial charge in [0.2, 0.25) is 0 Å². The van der Waals surface area contributed by atoms with Crippen molar-refractivity contribution in [2.75, 3.05) is 33.3 Å². The van der Waals surface area contributed by atoms with Crippen molar-refractivity contribution in [2.45, 2.75) is 33.9 Å². The quantitative estimate of drug-likeness (QED) is 0.564. The van der Waals surface area contributed by atoms with E-state index in [0.717, 1.165) is 42.3 Å². The van der Waals surface area contributed by atoms with E-state index in [1.165, 1.54) is 5.56 Å². The number of carbonyl (C=O) groups is 1. The van der Waals surface area contributed by atoms with Crippen molar-refractivity contribution in [1.82, 2.24) is 24.7 Å². The summed E-state index contributed by atoms with van der Waals surface area (Å²) >= 11 is 6.28. The van der Waals surface area contributed by atoms with E-state index in [9.17, 15) is 4.79 Å². The van der Waals surface area contributed by atoms with Gasteiger partial charge in [0.1, 0.15) is 11.5 Å². The van der Waals surface area contributed by atoms with Crippen LogP contribution in [0, 0.1) is 20.8 Å². The van der Waals surface area contributed by atoms with Gasteiger partial charge in [-0.1, -0.05) is 28.9 Å². The highest BCUT2D eigenvalue weighted by Crippen LogP contribution is 2.23. The van der Waals surface area contributed by atoms with Crippen LogP contribution in [0.3, 0.4) is 0 Å². The number of hydrogen-bond donors (Lipinski definition) is 0. The van der Waals surface area contributed by atoms with Gasteiger partial charge in [0.25, 0.3) is 5.91 Å². The zero-order chi connectivity index (χ0) is 22.8. The predicted octanol–water partition coefficient (Wildman–Crippen LogP) is 3.46. The van der Waals surface area contributed by atoms with E-state index in [0.29, 0.717) is 36.1 Å². The lowest BCUT2D eigenvalue weighted by atomic mass is 10.1. The van der Waals surface area contributed by atoms with Crippen molar-refractivity contribution in [3.63, 3.8) is 0 Å². The summed E-state index contributed by atoms with van der Waals surface area (Å²) in [5.41, 5.74) is 3.92. The standard InChI is InChI=1S/C23H28ClN5O3/c1-15-21(24)16(2)29(25-15)14-20-17(3)32-26-22(20)23(30)28-10-8-27(9-11-28)13-18-6-5-7-19(12-18)31-4/h5-7,12H,8-11,13-14H2,1-4H3. The van der Waals surface area contributed by atoms with Crippen LogP contribution in [-0.4, -0.2) is 63.9 Å². The first kappa shape index (κ1) is 22.4. The Morgan fingerprint density at radius 2 is 1.91 bits per heavy atom. The maximum Gasteiger partial charge on any atom is 0.276 e. The van der Waals surface area contributed by atoms with Crippen LogP contribution in [0.25, 0.3) is 0 Å². The molecule has 0 bridgehead atoms. The highest BCUT2D eigenvalue weighted by Gasteiger charge is 2.28. The summed E-state index contributed by atoms with van der Waals surface area (Å²) in [6, 6.07) is 8.08. The fourth-order valence-corrected chi connectivity index (χ4v) is 4.15. The van der Waals surface area contributed by atoms with Crippen LogP contribution in [-0.2, 0) is 13.1 Å². The van der Waals surface area contributed by atoms with Gasteiger partial charge in [0.05, 0.1) is 30.1 Å². The molecule has 2 aromatic heterocycles. The first-order chi connectivity index (χ1) is 15.4. The average Bonchev–Trinajstić information content (AvgIpc) is 3.28. The number of hydrogen-bond acceptors (Lipinski definition) is 6. The summed E-state index contributed by atoms with van der Waals surface area (Å²) in [5, 5.41) is 9.20. The van der Waals surface area contributed by atoms with Crippen LogP contribution in [0.15, 0.2) is 28.8 Å². The molecule has 1 saturated heterocycles. The Kier molecular flexibility index (Phi) is 6.53. The summed E-state index contributed by atoms with van der Waals surface area (Å²) in [4.78, 5) is 17.4. The van der Waals surface area contributed by atoms with Crippen LogP contribution in [0.2, 0.25) is 5.02 Å². The van der Waals surface area contributed by atoms with Crippen molar-refractivity contribution in [3.05, 3.63) is 63.3 Å². The smallest absolute Gasteiger partial charge is 0.276 e. The maximum atomic E-state index is 13.2. The van der Waals surface area contributed by atoms with E-state index < -0.39 is 0 Å². The fourth-order valence-electron chi connectivity index (χ4n) is 4.01. The molecule has 1 aromatic carbocycles. The lowest BCUT2D eigenvalue weighted by Crippen LogP contribution is -2.48. The van der Waals surface area contributed by atoms with E-state index in [1.807, 2.05) is 43.9 Å². The van der Waals surface area contributed by atoms with Gasteiger partial charge in [0.15, 0.2) is 5.69 Å². The van der Waals surface area contributed by atoms with E-state index in [4.69, 9.17) is 20.9 Å². The van der Waals surface area contributed by atoms with Crippen molar-refractivity contribution in [1.29, 1.82) is 0 Å². The largest absolute Gasteiger partial charge is 0.497 e. The lowest BCUT2D eigenvalue weighted by Gasteiger charge is -2.34. The normalized spacial score (nSPS) is 14.7. The summed E-state index contributed by atoms with van der Waals surface area (Å²) in [6.45, 7) is 9.68. The predicted molar refractivity (Wildman–Crippen MR) is 121 cm³/mol. The Hall–Kier alpha value is -2.84.